The molecule has 0 amide bonds. The van der Waals surface area contributed by atoms with Crippen molar-refractivity contribution in [2.75, 3.05) is 24.7 Å². The molecular weight excluding hydrogens is 180 g/mol. The Kier molecular flexibility index (Phi) is 3.00. The number of ether oxygens (including phenoxy) is 1. The maximum Gasteiger partial charge on any atom is 0.171 e. The van der Waals surface area contributed by atoms with Crippen LogP contribution in [0.3, 0.4) is 0 Å². The molecule has 80 valence electrons. The van der Waals surface area contributed by atoms with E-state index in [2.05, 4.69) is 10.4 Å². The van der Waals surface area contributed by atoms with Gasteiger partial charge in [0.05, 0.1) is 11.3 Å². The molecule has 0 aliphatic heterocycles. The van der Waals surface area contributed by atoms with Crippen LogP contribution in [-0.4, -0.2) is 29.0 Å². The minimum absolute atomic E-state index is 0.218. The van der Waals surface area contributed by atoms with Gasteiger partial charge in [-0.15, -0.1) is 0 Å². The fraction of sp³-hybridized carbons (Fsp3) is 0.667. The van der Waals surface area contributed by atoms with Crippen molar-refractivity contribution in [1.29, 1.82) is 0 Å². The molecule has 1 rings (SSSR count). The molecule has 1 aromatic rings. The smallest absolute Gasteiger partial charge is 0.171 e. The molecule has 0 bridgehead atoms. The quantitative estimate of drug-likeness (QED) is 0.752. The van der Waals surface area contributed by atoms with Gasteiger partial charge in [-0.25, -0.2) is 0 Å². The van der Waals surface area contributed by atoms with Crippen molar-refractivity contribution in [3.05, 3.63) is 6.20 Å². The summed E-state index contributed by atoms with van der Waals surface area (Å²) < 4.78 is 6.95. The van der Waals surface area contributed by atoms with Gasteiger partial charge >= 0.3 is 0 Å². The summed E-state index contributed by atoms with van der Waals surface area (Å²) in [6.45, 7) is 4.67. The molecule has 0 aliphatic carbocycles. The fourth-order valence-electron chi connectivity index (χ4n) is 1.01. The SMILES string of the molecule is COC(C)(C)CNc1nn(C)cc1N. The zero-order chi connectivity index (χ0) is 10.8. The molecule has 0 saturated carbocycles. The van der Waals surface area contributed by atoms with Crippen LogP contribution in [0.15, 0.2) is 6.20 Å². The van der Waals surface area contributed by atoms with Crippen LogP contribution in [0.2, 0.25) is 0 Å². The topological polar surface area (TPSA) is 65.1 Å². The van der Waals surface area contributed by atoms with E-state index in [0.717, 1.165) is 0 Å². The third kappa shape index (κ3) is 2.63. The van der Waals surface area contributed by atoms with E-state index < -0.39 is 0 Å². The number of aryl methyl sites for hydroxylation is 1. The highest BCUT2D eigenvalue weighted by molar-refractivity contribution is 5.59. The average Bonchev–Trinajstić information content (AvgIpc) is 2.42. The Morgan fingerprint density at radius 1 is 1.64 bits per heavy atom. The minimum atomic E-state index is -0.218. The van der Waals surface area contributed by atoms with E-state index in [-0.39, 0.29) is 5.60 Å². The number of nitrogens with zero attached hydrogens (tertiary/aromatic N) is 2. The second-order valence-corrected chi connectivity index (χ2v) is 3.92. The summed E-state index contributed by atoms with van der Waals surface area (Å²) in [6, 6.07) is 0. The molecule has 0 aromatic carbocycles. The normalized spacial score (nSPS) is 11.7. The number of nitrogen functional groups attached to an aromatic ring is 1. The number of hydrogen-bond acceptors (Lipinski definition) is 4. The molecule has 1 aromatic heterocycles. The lowest BCUT2D eigenvalue weighted by Gasteiger charge is -2.23. The van der Waals surface area contributed by atoms with Crippen molar-refractivity contribution in [1.82, 2.24) is 9.78 Å². The molecule has 0 fully saturated rings. The standard InChI is InChI=1S/C9H18N4O/c1-9(2,14-4)6-11-8-7(10)5-13(3)12-8/h5H,6,10H2,1-4H3,(H,11,12). The van der Waals surface area contributed by atoms with Gasteiger partial charge in [-0.3, -0.25) is 4.68 Å². The van der Waals surface area contributed by atoms with Crippen molar-refractivity contribution >= 4 is 11.5 Å². The molecule has 0 spiro atoms. The lowest BCUT2D eigenvalue weighted by atomic mass is 10.1. The van der Waals surface area contributed by atoms with E-state index in [9.17, 15) is 0 Å². The van der Waals surface area contributed by atoms with Gasteiger partial charge in [-0.1, -0.05) is 0 Å². The molecule has 0 aliphatic rings. The number of hydrogen-bond donors (Lipinski definition) is 2. The van der Waals surface area contributed by atoms with Crippen molar-refractivity contribution < 1.29 is 4.74 Å². The average molecular weight is 198 g/mol. The molecule has 0 saturated heterocycles. The largest absolute Gasteiger partial charge is 0.394 e. The van der Waals surface area contributed by atoms with Crippen LogP contribution in [0.4, 0.5) is 11.5 Å². The molecule has 5 nitrogen and oxygen atoms in total. The van der Waals surface area contributed by atoms with Gasteiger partial charge in [0.2, 0.25) is 0 Å². The van der Waals surface area contributed by atoms with Crippen LogP contribution < -0.4 is 11.1 Å². The zero-order valence-corrected chi connectivity index (χ0v) is 9.16. The van der Waals surface area contributed by atoms with Crippen LogP contribution in [0.25, 0.3) is 0 Å². The molecule has 0 radical (unpaired) electrons. The van der Waals surface area contributed by atoms with E-state index in [1.54, 1.807) is 18.0 Å². The lowest BCUT2D eigenvalue weighted by Crippen LogP contribution is -2.32. The van der Waals surface area contributed by atoms with Crippen LogP contribution in [0.1, 0.15) is 13.8 Å². The predicted octanol–water partition coefficient (Wildman–Crippen LogP) is 0.839. The highest BCUT2D eigenvalue weighted by Gasteiger charge is 2.16. The molecule has 3 N–H and O–H groups in total. The third-order valence-electron chi connectivity index (χ3n) is 2.09. The van der Waals surface area contributed by atoms with Gasteiger partial charge in [-0.05, 0) is 13.8 Å². The van der Waals surface area contributed by atoms with Gasteiger partial charge in [0, 0.05) is 26.9 Å². The van der Waals surface area contributed by atoms with E-state index in [4.69, 9.17) is 10.5 Å². The number of anilines is 2. The van der Waals surface area contributed by atoms with Gasteiger partial charge in [-0.2, -0.15) is 5.10 Å². The fourth-order valence-corrected chi connectivity index (χ4v) is 1.01. The Morgan fingerprint density at radius 3 is 2.71 bits per heavy atom. The first-order valence-corrected chi connectivity index (χ1v) is 4.53. The van der Waals surface area contributed by atoms with Crippen molar-refractivity contribution in [3.8, 4) is 0 Å². The first-order valence-electron chi connectivity index (χ1n) is 4.53. The Labute approximate surface area is 84.2 Å². The van der Waals surface area contributed by atoms with E-state index in [1.807, 2.05) is 20.9 Å². The predicted molar refractivity (Wildman–Crippen MR) is 57.2 cm³/mol. The molecule has 0 unspecified atom stereocenters. The van der Waals surface area contributed by atoms with Crippen LogP contribution in [0, 0.1) is 0 Å². The first kappa shape index (κ1) is 10.8. The van der Waals surface area contributed by atoms with E-state index in [0.29, 0.717) is 18.1 Å². The summed E-state index contributed by atoms with van der Waals surface area (Å²) in [5.41, 5.74) is 6.16. The summed E-state index contributed by atoms with van der Waals surface area (Å²) in [6.07, 6.45) is 1.77. The maximum absolute atomic E-state index is 5.73. The van der Waals surface area contributed by atoms with E-state index >= 15 is 0 Å². The molecule has 0 atom stereocenters. The van der Waals surface area contributed by atoms with Crippen molar-refractivity contribution in [2.24, 2.45) is 7.05 Å². The minimum Gasteiger partial charge on any atom is -0.394 e. The van der Waals surface area contributed by atoms with Crippen LogP contribution in [-0.2, 0) is 11.8 Å². The second kappa shape index (κ2) is 3.88. The Morgan fingerprint density at radius 2 is 2.29 bits per heavy atom. The van der Waals surface area contributed by atoms with Crippen molar-refractivity contribution in [2.45, 2.75) is 19.4 Å². The molecule has 1 heterocycles. The number of nitrogens with one attached hydrogen (secondary N) is 1. The van der Waals surface area contributed by atoms with E-state index in [1.165, 1.54) is 0 Å². The third-order valence-corrected chi connectivity index (χ3v) is 2.09. The lowest BCUT2D eigenvalue weighted by molar-refractivity contribution is 0.0343. The van der Waals surface area contributed by atoms with Gasteiger partial charge < -0.3 is 15.8 Å². The van der Waals surface area contributed by atoms with Gasteiger partial charge in [0.15, 0.2) is 5.82 Å². The Bertz CT molecular complexity index is 306. The highest BCUT2D eigenvalue weighted by atomic mass is 16.5. The number of aromatic nitrogens is 2. The monoisotopic (exact) mass is 198 g/mol. The van der Waals surface area contributed by atoms with Gasteiger partial charge in [0.1, 0.15) is 0 Å². The molecular formula is C9H18N4O. The number of methoxy groups -OCH3 is 1. The zero-order valence-electron chi connectivity index (χ0n) is 9.16. The van der Waals surface area contributed by atoms with Crippen molar-refractivity contribution in [3.63, 3.8) is 0 Å². The maximum atomic E-state index is 5.73. The second-order valence-electron chi connectivity index (χ2n) is 3.92. The summed E-state index contributed by atoms with van der Waals surface area (Å²) in [4.78, 5) is 0. The first-order chi connectivity index (χ1) is 6.44. The summed E-state index contributed by atoms with van der Waals surface area (Å²) in [7, 11) is 3.52. The summed E-state index contributed by atoms with van der Waals surface area (Å²) >= 11 is 0. The Hall–Kier alpha value is -1.23. The Balaban J connectivity index is 2.58. The number of rotatable bonds is 4. The number of nitrogens with two attached hydrogens (primary N) is 1. The summed E-state index contributed by atoms with van der Waals surface area (Å²) in [5.74, 6) is 0.706. The highest BCUT2D eigenvalue weighted by Crippen LogP contribution is 2.16. The molecule has 14 heavy (non-hydrogen) atoms. The van der Waals surface area contributed by atoms with Crippen LogP contribution in [0.5, 0.6) is 0 Å². The summed E-state index contributed by atoms with van der Waals surface area (Å²) in [5, 5.41) is 7.32. The molecule has 5 heteroatoms. The van der Waals surface area contributed by atoms with Crippen LogP contribution >= 0.6 is 0 Å². The van der Waals surface area contributed by atoms with Gasteiger partial charge in [0.25, 0.3) is 0 Å².